The molecule has 0 aromatic carbocycles. The topological polar surface area (TPSA) is 87.4 Å². The van der Waals surface area contributed by atoms with E-state index >= 15 is 0 Å². The van der Waals surface area contributed by atoms with E-state index in [-0.39, 0.29) is 6.04 Å². The van der Waals surface area contributed by atoms with Crippen LogP contribution in [0.4, 0.5) is 0 Å². The molecule has 1 fully saturated rings. The fourth-order valence-corrected chi connectivity index (χ4v) is 1.66. The van der Waals surface area contributed by atoms with E-state index in [1.165, 1.54) is 6.42 Å². The van der Waals surface area contributed by atoms with Gasteiger partial charge in [0.1, 0.15) is 6.04 Å². The second-order valence-corrected chi connectivity index (χ2v) is 6.24. The van der Waals surface area contributed by atoms with Gasteiger partial charge in [-0.1, -0.05) is 27.7 Å². The molecular weight excluding hydrogens is 266 g/mol. The van der Waals surface area contributed by atoms with Gasteiger partial charge >= 0.3 is 5.97 Å². The highest BCUT2D eigenvalue weighted by Gasteiger charge is 2.20. The molecule has 0 spiro atoms. The fraction of sp³-hybridized carbons (Fsp3) is 0.938. The predicted octanol–water partition coefficient (Wildman–Crippen LogP) is 2.07. The Morgan fingerprint density at radius 2 is 1.86 bits per heavy atom. The molecule has 0 amide bonds. The van der Waals surface area contributed by atoms with Crippen LogP contribution in [-0.2, 0) is 4.79 Å². The maximum Gasteiger partial charge on any atom is 0.320 e. The Bertz CT molecular complexity index is 228. The van der Waals surface area contributed by atoms with Crippen molar-refractivity contribution in [2.75, 3.05) is 26.7 Å². The van der Waals surface area contributed by atoms with Crippen molar-refractivity contribution in [3.8, 4) is 0 Å². The summed E-state index contributed by atoms with van der Waals surface area (Å²) in [6.45, 7) is 11.7. The number of nitrogens with two attached hydrogens (primary N) is 1. The molecule has 1 aliphatic rings. The summed E-state index contributed by atoms with van der Waals surface area (Å²) >= 11 is 0. The zero-order valence-electron chi connectivity index (χ0n) is 14.6. The lowest BCUT2D eigenvalue weighted by Gasteiger charge is -2.00. The van der Waals surface area contributed by atoms with Gasteiger partial charge < -0.3 is 21.5 Å². The van der Waals surface area contributed by atoms with E-state index in [1.54, 1.807) is 0 Å². The third-order valence-corrected chi connectivity index (χ3v) is 3.07. The Labute approximate surface area is 131 Å². The quantitative estimate of drug-likeness (QED) is 0.603. The summed E-state index contributed by atoms with van der Waals surface area (Å²) in [5.41, 5.74) is 5.23. The highest BCUT2D eigenvalue weighted by molar-refractivity contribution is 5.73. The third-order valence-electron chi connectivity index (χ3n) is 3.07. The van der Waals surface area contributed by atoms with Gasteiger partial charge in [-0.05, 0) is 64.2 Å². The molecule has 0 aromatic heterocycles. The molecule has 5 nitrogen and oxygen atoms in total. The van der Waals surface area contributed by atoms with Crippen LogP contribution in [0.5, 0.6) is 0 Å². The summed E-state index contributed by atoms with van der Waals surface area (Å²) in [6, 6.07) is -0.269. The molecule has 128 valence electrons. The smallest absolute Gasteiger partial charge is 0.320 e. The Hall–Kier alpha value is -0.650. The molecule has 1 aliphatic heterocycles. The van der Waals surface area contributed by atoms with Crippen LogP contribution < -0.4 is 16.4 Å². The molecule has 1 saturated heterocycles. The molecule has 5 N–H and O–H groups in total. The lowest BCUT2D eigenvalue weighted by atomic mass is 10.1. The number of carboxylic acids is 1. The molecular formula is C16H37N3O2. The Morgan fingerprint density at radius 3 is 2.00 bits per heavy atom. The van der Waals surface area contributed by atoms with E-state index < -0.39 is 5.97 Å². The fourth-order valence-electron chi connectivity index (χ4n) is 1.66. The van der Waals surface area contributed by atoms with E-state index in [1.807, 2.05) is 7.05 Å². The number of rotatable bonds is 6. The van der Waals surface area contributed by atoms with Crippen LogP contribution in [0.2, 0.25) is 0 Å². The lowest BCUT2D eigenvalue weighted by molar-refractivity contribution is -0.139. The van der Waals surface area contributed by atoms with Crippen molar-refractivity contribution in [1.29, 1.82) is 0 Å². The van der Waals surface area contributed by atoms with Gasteiger partial charge in [0.2, 0.25) is 0 Å². The van der Waals surface area contributed by atoms with Gasteiger partial charge in [0.25, 0.3) is 0 Å². The van der Waals surface area contributed by atoms with Gasteiger partial charge in [-0.2, -0.15) is 0 Å². The first kappa shape index (κ1) is 22.6. The molecule has 0 radical (unpaired) electrons. The standard InChI is InChI=1S/C6H15N.C5H9NO2.C5H13N/c1-6(2)4-5-7-3;7-5(8)4-2-1-3-6-4;1-5(2)3-4-6/h6-7H,4-5H2,1-3H3;4,6H,1-3H2,(H,7,8);5H,3-4,6H2,1-2H3. The monoisotopic (exact) mass is 303 g/mol. The van der Waals surface area contributed by atoms with E-state index in [4.69, 9.17) is 10.8 Å². The maximum absolute atomic E-state index is 10.1. The third kappa shape index (κ3) is 19.4. The molecule has 1 atom stereocenters. The van der Waals surface area contributed by atoms with Crippen molar-refractivity contribution in [2.24, 2.45) is 17.6 Å². The zero-order valence-corrected chi connectivity index (χ0v) is 14.6. The van der Waals surface area contributed by atoms with Crippen molar-refractivity contribution >= 4 is 5.97 Å². The number of carboxylic acid groups (broad SMARTS) is 1. The molecule has 5 heteroatoms. The Balaban J connectivity index is 0. The van der Waals surface area contributed by atoms with E-state index in [9.17, 15) is 4.79 Å². The van der Waals surface area contributed by atoms with Crippen LogP contribution in [0.1, 0.15) is 53.4 Å². The lowest BCUT2D eigenvalue weighted by Crippen LogP contribution is -2.29. The number of hydrogen-bond acceptors (Lipinski definition) is 4. The normalized spacial score (nSPS) is 17.0. The van der Waals surface area contributed by atoms with Gasteiger partial charge in [0.15, 0.2) is 0 Å². The Morgan fingerprint density at radius 1 is 1.29 bits per heavy atom. The minimum atomic E-state index is -0.720. The minimum Gasteiger partial charge on any atom is -0.480 e. The second kappa shape index (κ2) is 15.7. The van der Waals surface area contributed by atoms with E-state index in [0.29, 0.717) is 0 Å². The number of hydrogen-bond donors (Lipinski definition) is 4. The van der Waals surface area contributed by atoms with Gasteiger partial charge in [-0.15, -0.1) is 0 Å². The number of aliphatic carboxylic acids is 1. The van der Waals surface area contributed by atoms with Crippen LogP contribution in [0, 0.1) is 11.8 Å². The van der Waals surface area contributed by atoms with E-state index in [2.05, 4.69) is 38.3 Å². The summed E-state index contributed by atoms with van der Waals surface area (Å²) in [5.74, 6) is 0.893. The molecule has 0 aliphatic carbocycles. The van der Waals surface area contributed by atoms with Crippen molar-refractivity contribution < 1.29 is 9.90 Å². The predicted molar refractivity (Wildman–Crippen MR) is 90.6 cm³/mol. The highest BCUT2D eigenvalue weighted by atomic mass is 16.4. The summed E-state index contributed by atoms with van der Waals surface area (Å²) in [4.78, 5) is 10.1. The summed E-state index contributed by atoms with van der Waals surface area (Å²) in [6.07, 6.45) is 4.23. The molecule has 1 rings (SSSR count). The van der Waals surface area contributed by atoms with E-state index in [0.717, 1.165) is 50.7 Å². The molecule has 21 heavy (non-hydrogen) atoms. The van der Waals surface area contributed by atoms with Crippen LogP contribution in [0.15, 0.2) is 0 Å². The van der Waals surface area contributed by atoms with Gasteiger partial charge in [-0.3, -0.25) is 4.79 Å². The average molecular weight is 303 g/mol. The summed E-state index contributed by atoms with van der Waals surface area (Å²) in [5, 5.41) is 14.3. The largest absolute Gasteiger partial charge is 0.480 e. The van der Waals surface area contributed by atoms with Crippen LogP contribution in [0.3, 0.4) is 0 Å². The number of nitrogens with one attached hydrogen (secondary N) is 2. The first-order valence-electron chi connectivity index (χ1n) is 8.15. The van der Waals surface area contributed by atoms with Crippen LogP contribution in [0.25, 0.3) is 0 Å². The van der Waals surface area contributed by atoms with Crippen molar-refractivity contribution in [3.05, 3.63) is 0 Å². The number of carbonyl (C=O) groups is 1. The van der Waals surface area contributed by atoms with Crippen molar-refractivity contribution in [2.45, 2.75) is 59.4 Å². The summed E-state index contributed by atoms with van der Waals surface area (Å²) in [7, 11) is 1.99. The SMILES string of the molecule is CC(C)CCN.CNCCC(C)C.O=C(O)C1CCCN1. The minimum absolute atomic E-state index is 0.269. The zero-order chi connectivity index (χ0) is 16.7. The first-order chi connectivity index (χ1) is 9.84. The van der Waals surface area contributed by atoms with Crippen LogP contribution >= 0.6 is 0 Å². The van der Waals surface area contributed by atoms with Gasteiger partial charge in [0.05, 0.1) is 0 Å². The maximum atomic E-state index is 10.1. The van der Waals surface area contributed by atoms with Crippen molar-refractivity contribution in [1.82, 2.24) is 10.6 Å². The van der Waals surface area contributed by atoms with Crippen molar-refractivity contribution in [3.63, 3.8) is 0 Å². The first-order valence-corrected chi connectivity index (χ1v) is 8.15. The summed E-state index contributed by atoms with van der Waals surface area (Å²) < 4.78 is 0. The second-order valence-electron chi connectivity index (χ2n) is 6.24. The molecule has 1 heterocycles. The molecule has 0 aromatic rings. The average Bonchev–Trinajstić information content (AvgIpc) is 2.91. The van der Waals surface area contributed by atoms with Gasteiger partial charge in [0, 0.05) is 0 Å². The molecule has 1 unspecified atom stereocenters. The Kier molecular flexibility index (Phi) is 17.0. The van der Waals surface area contributed by atoms with Crippen LogP contribution in [-0.4, -0.2) is 43.8 Å². The highest BCUT2D eigenvalue weighted by Crippen LogP contribution is 2.03. The molecule has 0 bridgehead atoms. The van der Waals surface area contributed by atoms with Gasteiger partial charge in [-0.25, -0.2) is 0 Å². The molecule has 0 saturated carbocycles.